The van der Waals surface area contributed by atoms with Crippen molar-refractivity contribution in [3.8, 4) is 11.5 Å². The van der Waals surface area contributed by atoms with E-state index in [1.165, 1.54) is 11.8 Å². The zero-order valence-corrected chi connectivity index (χ0v) is 21.1. The quantitative estimate of drug-likeness (QED) is 0.420. The highest BCUT2D eigenvalue weighted by atomic mass is 32.2. The number of carbonyl (C=O) groups is 1. The highest BCUT2D eigenvalue weighted by Crippen LogP contribution is 2.26. The Labute approximate surface area is 209 Å². The van der Waals surface area contributed by atoms with Gasteiger partial charge in [-0.3, -0.25) is 4.79 Å². The molecular weight excluding hydrogens is 466 g/mol. The molecule has 0 aliphatic carbocycles. The summed E-state index contributed by atoms with van der Waals surface area (Å²) in [6, 6.07) is 15.3. The van der Waals surface area contributed by atoms with E-state index < -0.39 is 0 Å². The molecule has 0 saturated carbocycles. The Morgan fingerprint density at radius 3 is 2.43 bits per heavy atom. The summed E-state index contributed by atoms with van der Waals surface area (Å²) in [5.41, 5.74) is 1.90. The number of aromatic nitrogens is 3. The molecular formula is C25H31N5O4S. The van der Waals surface area contributed by atoms with Gasteiger partial charge in [0.2, 0.25) is 5.91 Å². The zero-order chi connectivity index (χ0) is 24.6. The van der Waals surface area contributed by atoms with Gasteiger partial charge in [0.15, 0.2) is 17.1 Å². The number of hydrogen-bond acceptors (Lipinski definition) is 8. The average Bonchev–Trinajstić information content (AvgIpc) is 3.32. The molecule has 1 aliphatic heterocycles. The minimum atomic E-state index is -0.302. The summed E-state index contributed by atoms with van der Waals surface area (Å²) >= 11 is 1.36. The second-order valence-electron chi connectivity index (χ2n) is 8.00. The van der Waals surface area contributed by atoms with Crippen molar-refractivity contribution in [1.82, 2.24) is 14.8 Å². The molecule has 1 unspecified atom stereocenters. The lowest BCUT2D eigenvalue weighted by atomic mass is 10.2. The summed E-state index contributed by atoms with van der Waals surface area (Å²) in [7, 11) is 1.63. The fourth-order valence-electron chi connectivity index (χ4n) is 3.82. The molecule has 0 radical (unpaired) electrons. The molecule has 9 nitrogen and oxygen atoms in total. The summed E-state index contributed by atoms with van der Waals surface area (Å²) in [6.45, 7) is 7.87. The maximum absolute atomic E-state index is 12.6. The fourth-order valence-corrected chi connectivity index (χ4v) is 4.63. The molecule has 2 aromatic carbocycles. The molecule has 4 rings (SSSR count). The Hall–Kier alpha value is -3.24. The standard InChI is InChI=1S/C25H31N5O4S/c1-4-30-24(18(2)34-22-11-9-21(32-3)10-12-22)27-28-25(30)35-17-23(31)26-19-5-7-20(8-6-19)29-13-15-33-16-14-29/h5-12,18H,4,13-17H2,1-3H3,(H,26,31). The molecule has 1 N–H and O–H groups in total. The molecule has 186 valence electrons. The van der Waals surface area contributed by atoms with Gasteiger partial charge in [0.1, 0.15) is 11.5 Å². The van der Waals surface area contributed by atoms with Gasteiger partial charge in [-0.1, -0.05) is 11.8 Å². The second-order valence-corrected chi connectivity index (χ2v) is 8.95. The van der Waals surface area contributed by atoms with Gasteiger partial charge in [-0.15, -0.1) is 10.2 Å². The number of methoxy groups -OCH3 is 1. The van der Waals surface area contributed by atoms with Crippen LogP contribution in [0, 0.1) is 0 Å². The number of hydrogen-bond donors (Lipinski definition) is 1. The van der Waals surface area contributed by atoms with Crippen molar-refractivity contribution in [2.75, 3.05) is 49.4 Å². The number of benzene rings is 2. The van der Waals surface area contributed by atoms with Crippen LogP contribution in [0.5, 0.6) is 11.5 Å². The number of amides is 1. The molecule has 0 bridgehead atoms. The normalized spacial score (nSPS) is 14.4. The molecule has 0 spiro atoms. The van der Waals surface area contributed by atoms with Crippen molar-refractivity contribution >= 4 is 29.0 Å². The molecule has 1 aromatic heterocycles. The molecule has 10 heteroatoms. The first-order chi connectivity index (χ1) is 17.1. The summed E-state index contributed by atoms with van der Waals surface area (Å²) in [5, 5.41) is 12.3. The predicted octanol–water partition coefficient (Wildman–Crippen LogP) is 4.01. The van der Waals surface area contributed by atoms with Crippen LogP contribution in [0.3, 0.4) is 0 Å². The Kier molecular flexibility index (Phi) is 8.49. The molecule has 1 fully saturated rings. The van der Waals surface area contributed by atoms with Gasteiger partial charge >= 0.3 is 0 Å². The van der Waals surface area contributed by atoms with E-state index in [0.717, 1.165) is 49.2 Å². The third kappa shape index (κ3) is 6.46. The van der Waals surface area contributed by atoms with Gasteiger partial charge in [0, 0.05) is 31.0 Å². The van der Waals surface area contributed by atoms with Gasteiger partial charge in [-0.2, -0.15) is 0 Å². The molecule has 35 heavy (non-hydrogen) atoms. The number of ether oxygens (including phenoxy) is 3. The smallest absolute Gasteiger partial charge is 0.234 e. The van der Waals surface area contributed by atoms with Crippen molar-refractivity contribution in [2.45, 2.75) is 31.7 Å². The Morgan fingerprint density at radius 2 is 1.77 bits per heavy atom. The lowest BCUT2D eigenvalue weighted by Gasteiger charge is -2.28. The number of anilines is 2. The highest BCUT2D eigenvalue weighted by Gasteiger charge is 2.20. The van der Waals surface area contributed by atoms with Crippen LogP contribution in [0.25, 0.3) is 0 Å². The largest absolute Gasteiger partial charge is 0.497 e. The summed E-state index contributed by atoms with van der Waals surface area (Å²) in [6.07, 6.45) is -0.302. The maximum Gasteiger partial charge on any atom is 0.234 e. The first kappa shape index (κ1) is 24.9. The number of nitrogens with one attached hydrogen (secondary N) is 1. The van der Waals surface area contributed by atoms with Gasteiger partial charge in [-0.05, 0) is 62.4 Å². The minimum Gasteiger partial charge on any atom is -0.497 e. The topological polar surface area (TPSA) is 90.7 Å². The minimum absolute atomic E-state index is 0.0937. The van der Waals surface area contributed by atoms with E-state index in [-0.39, 0.29) is 17.8 Å². The number of rotatable bonds is 10. The maximum atomic E-state index is 12.6. The number of nitrogens with zero attached hydrogens (tertiary/aromatic N) is 4. The van der Waals surface area contributed by atoms with E-state index in [1.807, 2.05) is 66.9 Å². The number of carbonyl (C=O) groups excluding carboxylic acids is 1. The van der Waals surface area contributed by atoms with Crippen molar-refractivity contribution < 1.29 is 19.0 Å². The van der Waals surface area contributed by atoms with E-state index in [2.05, 4.69) is 20.4 Å². The predicted molar refractivity (Wildman–Crippen MR) is 137 cm³/mol. The van der Waals surface area contributed by atoms with E-state index in [9.17, 15) is 4.79 Å². The van der Waals surface area contributed by atoms with Gasteiger partial charge in [0.25, 0.3) is 0 Å². The molecule has 1 aliphatic rings. The fraction of sp³-hybridized carbons (Fsp3) is 0.400. The summed E-state index contributed by atoms with van der Waals surface area (Å²) < 4.78 is 18.6. The molecule has 1 saturated heterocycles. The highest BCUT2D eigenvalue weighted by molar-refractivity contribution is 7.99. The summed E-state index contributed by atoms with van der Waals surface area (Å²) in [5.74, 6) is 2.34. The lowest BCUT2D eigenvalue weighted by molar-refractivity contribution is -0.113. The first-order valence-corrected chi connectivity index (χ1v) is 12.6. The van der Waals surface area contributed by atoms with Crippen LogP contribution in [-0.2, 0) is 16.1 Å². The Balaban J connectivity index is 1.31. The lowest BCUT2D eigenvalue weighted by Crippen LogP contribution is -2.36. The molecule has 3 aromatic rings. The number of morpholine rings is 1. The Bertz CT molecular complexity index is 1100. The molecule has 1 amide bonds. The van der Waals surface area contributed by atoms with Crippen LogP contribution < -0.4 is 19.7 Å². The van der Waals surface area contributed by atoms with E-state index in [1.54, 1.807) is 7.11 Å². The van der Waals surface area contributed by atoms with E-state index in [0.29, 0.717) is 17.5 Å². The SMILES string of the molecule is CCn1c(SCC(=O)Nc2ccc(N3CCOCC3)cc2)nnc1C(C)Oc1ccc(OC)cc1. The van der Waals surface area contributed by atoms with Crippen LogP contribution in [0.1, 0.15) is 25.8 Å². The van der Waals surface area contributed by atoms with E-state index in [4.69, 9.17) is 14.2 Å². The zero-order valence-electron chi connectivity index (χ0n) is 20.3. The van der Waals surface area contributed by atoms with Crippen LogP contribution >= 0.6 is 11.8 Å². The van der Waals surface area contributed by atoms with Gasteiger partial charge < -0.3 is 29.0 Å². The van der Waals surface area contributed by atoms with Crippen molar-refractivity contribution in [3.05, 3.63) is 54.4 Å². The van der Waals surface area contributed by atoms with Crippen molar-refractivity contribution in [2.24, 2.45) is 0 Å². The van der Waals surface area contributed by atoms with Crippen LogP contribution in [0.15, 0.2) is 53.7 Å². The van der Waals surface area contributed by atoms with Crippen molar-refractivity contribution in [3.63, 3.8) is 0 Å². The first-order valence-electron chi connectivity index (χ1n) is 11.7. The van der Waals surface area contributed by atoms with Crippen molar-refractivity contribution in [1.29, 1.82) is 0 Å². The van der Waals surface area contributed by atoms with Gasteiger partial charge in [-0.25, -0.2) is 0 Å². The molecule has 2 heterocycles. The molecule has 1 atom stereocenters. The number of thioether (sulfide) groups is 1. The summed E-state index contributed by atoms with van der Waals surface area (Å²) in [4.78, 5) is 14.8. The van der Waals surface area contributed by atoms with Gasteiger partial charge in [0.05, 0.1) is 26.1 Å². The van der Waals surface area contributed by atoms with Crippen LogP contribution in [-0.4, -0.2) is 59.8 Å². The third-order valence-corrected chi connectivity index (χ3v) is 6.62. The van der Waals surface area contributed by atoms with E-state index >= 15 is 0 Å². The third-order valence-electron chi connectivity index (χ3n) is 5.66. The van der Waals surface area contributed by atoms with Crippen LogP contribution in [0.4, 0.5) is 11.4 Å². The monoisotopic (exact) mass is 497 g/mol. The second kappa shape index (κ2) is 11.9. The average molecular weight is 498 g/mol. The van der Waals surface area contributed by atoms with Crippen LogP contribution in [0.2, 0.25) is 0 Å². The Morgan fingerprint density at radius 1 is 1.09 bits per heavy atom.